The number of ether oxygens (including phenoxy) is 1. The molecule has 3 nitrogen and oxygen atoms in total. The van der Waals surface area contributed by atoms with Crippen LogP contribution in [0.4, 0.5) is 0 Å². The summed E-state index contributed by atoms with van der Waals surface area (Å²) in [4.78, 5) is 5.58. The molecule has 5 heteroatoms. The molecule has 2 rings (SSSR count). The van der Waals surface area contributed by atoms with E-state index in [2.05, 4.69) is 10.3 Å². The van der Waals surface area contributed by atoms with Crippen LogP contribution in [0, 0.1) is 0 Å². The van der Waals surface area contributed by atoms with E-state index in [1.165, 1.54) is 4.88 Å². The maximum Gasteiger partial charge on any atom is 0.213 e. The van der Waals surface area contributed by atoms with Crippen LogP contribution in [0.15, 0.2) is 29.6 Å². The number of pyridine rings is 1. The van der Waals surface area contributed by atoms with Crippen LogP contribution in [0.3, 0.4) is 0 Å². The summed E-state index contributed by atoms with van der Waals surface area (Å²) in [6, 6.07) is 7.67. The van der Waals surface area contributed by atoms with Gasteiger partial charge in [0.25, 0.3) is 0 Å². The van der Waals surface area contributed by atoms with Crippen LogP contribution in [0.5, 0.6) is 5.88 Å². The Kier molecular flexibility index (Phi) is 4.99. The van der Waals surface area contributed by atoms with Crippen LogP contribution in [-0.4, -0.2) is 11.5 Å². The zero-order valence-corrected chi connectivity index (χ0v) is 11.7. The Morgan fingerprint density at radius 1 is 1.39 bits per heavy atom. The van der Waals surface area contributed by atoms with Crippen LogP contribution in [-0.2, 0) is 13.2 Å². The second-order valence-corrected chi connectivity index (χ2v) is 5.17. The summed E-state index contributed by atoms with van der Waals surface area (Å²) in [7, 11) is 0. The number of nitrogens with one attached hydrogen (secondary N) is 1. The zero-order valence-electron chi connectivity index (χ0n) is 10.1. The van der Waals surface area contributed by atoms with Crippen LogP contribution < -0.4 is 10.1 Å². The average molecular weight is 283 g/mol. The number of halogens is 1. The molecule has 0 unspecified atom stereocenters. The molecule has 0 aromatic carbocycles. The fourth-order valence-electron chi connectivity index (χ4n) is 1.45. The maximum atomic E-state index is 6.08. The minimum atomic E-state index is 0.549. The highest BCUT2D eigenvalue weighted by Crippen LogP contribution is 2.19. The van der Waals surface area contributed by atoms with Gasteiger partial charge >= 0.3 is 0 Å². The molecule has 0 fully saturated rings. The molecule has 0 atom stereocenters. The molecule has 18 heavy (non-hydrogen) atoms. The Morgan fingerprint density at radius 3 is 3.00 bits per heavy atom. The van der Waals surface area contributed by atoms with Gasteiger partial charge in [-0.3, -0.25) is 0 Å². The first-order valence-corrected chi connectivity index (χ1v) is 7.06. The minimum Gasteiger partial charge on any atom is -0.472 e. The van der Waals surface area contributed by atoms with Crippen molar-refractivity contribution in [3.8, 4) is 5.88 Å². The first-order valence-electron chi connectivity index (χ1n) is 5.81. The van der Waals surface area contributed by atoms with Gasteiger partial charge in [0.1, 0.15) is 6.61 Å². The number of rotatable bonds is 6. The summed E-state index contributed by atoms with van der Waals surface area (Å²) in [5.74, 6) is 0.612. The number of hydrogen-bond donors (Lipinski definition) is 1. The van der Waals surface area contributed by atoms with Crippen LogP contribution in [0.25, 0.3) is 0 Å². The highest BCUT2D eigenvalue weighted by Gasteiger charge is 2.05. The third-order valence-electron chi connectivity index (χ3n) is 2.38. The molecule has 0 radical (unpaired) electrons. The van der Waals surface area contributed by atoms with Crippen molar-refractivity contribution in [3.05, 3.63) is 45.2 Å². The molecule has 0 amide bonds. The van der Waals surface area contributed by atoms with Crippen molar-refractivity contribution in [2.45, 2.75) is 20.1 Å². The smallest absolute Gasteiger partial charge is 0.213 e. The molecule has 0 aliphatic carbocycles. The Morgan fingerprint density at radius 2 is 2.28 bits per heavy atom. The molecule has 1 N–H and O–H groups in total. The van der Waals surface area contributed by atoms with E-state index in [1.807, 2.05) is 30.5 Å². The molecule has 0 aliphatic heterocycles. The fraction of sp³-hybridized carbons (Fsp3) is 0.308. The van der Waals surface area contributed by atoms with Crippen LogP contribution in [0.2, 0.25) is 5.02 Å². The van der Waals surface area contributed by atoms with Crippen molar-refractivity contribution in [1.29, 1.82) is 0 Å². The van der Waals surface area contributed by atoms with E-state index in [0.717, 1.165) is 12.2 Å². The number of hydrogen-bond acceptors (Lipinski definition) is 4. The van der Waals surface area contributed by atoms with E-state index in [-0.39, 0.29) is 0 Å². The molecule has 2 aromatic rings. The van der Waals surface area contributed by atoms with Gasteiger partial charge in [-0.2, -0.15) is 0 Å². The van der Waals surface area contributed by atoms with Gasteiger partial charge in [-0.1, -0.05) is 24.6 Å². The molecular formula is C13H15ClN2OS. The van der Waals surface area contributed by atoms with E-state index < -0.39 is 0 Å². The van der Waals surface area contributed by atoms with Gasteiger partial charge < -0.3 is 10.1 Å². The molecule has 2 aromatic heterocycles. The Hall–Kier alpha value is -1.10. The minimum absolute atomic E-state index is 0.549. The second kappa shape index (κ2) is 6.73. The quantitative estimate of drug-likeness (QED) is 0.881. The molecule has 2 heterocycles. The predicted molar refractivity (Wildman–Crippen MR) is 75.3 cm³/mol. The predicted octanol–water partition coefficient (Wildman–Crippen LogP) is 3.49. The molecular weight excluding hydrogens is 268 g/mol. The first-order chi connectivity index (χ1) is 8.79. The maximum absolute atomic E-state index is 6.08. The van der Waals surface area contributed by atoms with Crippen LogP contribution in [0.1, 0.15) is 17.5 Å². The third-order valence-corrected chi connectivity index (χ3v) is 3.57. The summed E-state index contributed by atoms with van der Waals surface area (Å²) in [5, 5.41) is 5.90. The lowest BCUT2D eigenvalue weighted by atomic mass is 10.3. The molecule has 0 saturated carbocycles. The number of thiophene rings is 1. The van der Waals surface area contributed by atoms with Crippen molar-refractivity contribution in [2.24, 2.45) is 0 Å². The second-order valence-electron chi connectivity index (χ2n) is 3.73. The molecule has 0 bridgehead atoms. The summed E-state index contributed by atoms with van der Waals surface area (Å²) >= 11 is 7.75. The number of aromatic nitrogens is 1. The van der Waals surface area contributed by atoms with Crippen LogP contribution >= 0.6 is 22.9 Å². The van der Waals surface area contributed by atoms with Gasteiger partial charge in [-0.15, -0.1) is 11.3 Å². The van der Waals surface area contributed by atoms with E-state index in [0.29, 0.717) is 24.1 Å². The van der Waals surface area contributed by atoms with Crippen molar-refractivity contribution < 1.29 is 4.74 Å². The Balaban J connectivity index is 2.00. The Bertz CT molecular complexity index is 488. The third kappa shape index (κ3) is 3.70. The van der Waals surface area contributed by atoms with E-state index in [1.54, 1.807) is 17.4 Å². The van der Waals surface area contributed by atoms with Crippen molar-refractivity contribution >= 4 is 22.9 Å². The molecule has 0 aliphatic rings. The monoisotopic (exact) mass is 282 g/mol. The highest BCUT2D eigenvalue weighted by atomic mass is 35.5. The van der Waals surface area contributed by atoms with Gasteiger partial charge in [0.15, 0.2) is 0 Å². The molecule has 0 saturated heterocycles. The first kappa shape index (κ1) is 13.3. The Labute approximate surface area is 116 Å². The SMILES string of the molecule is CCNCc1nc(OCc2cccs2)ccc1Cl. The van der Waals surface area contributed by atoms with E-state index in [4.69, 9.17) is 16.3 Å². The van der Waals surface area contributed by atoms with Crippen molar-refractivity contribution in [2.75, 3.05) is 6.54 Å². The largest absolute Gasteiger partial charge is 0.472 e. The summed E-state index contributed by atoms with van der Waals surface area (Å²) in [5.41, 5.74) is 0.821. The average Bonchev–Trinajstić information content (AvgIpc) is 2.89. The highest BCUT2D eigenvalue weighted by molar-refractivity contribution is 7.09. The standard InChI is InChI=1S/C13H15ClN2OS/c1-2-15-8-12-11(14)5-6-13(16-12)17-9-10-4-3-7-18-10/h3-7,15H,2,8-9H2,1H3. The topological polar surface area (TPSA) is 34.2 Å². The lowest BCUT2D eigenvalue weighted by Crippen LogP contribution is -2.13. The van der Waals surface area contributed by atoms with Gasteiger partial charge in [0.2, 0.25) is 5.88 Å². The van der Waals surface area contributed by atoms with Gasteiger partial charge in [0.05, 0.1) is 10.7 Å². The lowest BCUT2D eigenvalue weighted by molar-refractivity contribution is 0.296. The number of nitrogens with zero attached hydrogens (tertiary/aromatic N) is 1. The fourth-order valence-corrected chi connectivity index (χ4v) is 2.24. The zero-order chi connectivity index (χ0) is 12.8. The van der Waals surface area contributed by atoms with Gasteiger partial charge in [0, 0.05) is 17.5 Å². The van der Waals surface area contributed by atoms with E-state index in [9.17, 15) is 0 Å². The molecule has 0 spiro atoms. The summed E-state index contributed by atoms with van der Waals surface area (Å²) in [6.45, 7) is 4.14. The van der Waals surface area contributed by atoms with Crippen molar-refractivity contribution in [1.82, 2.24) is 10.3 Å². The summed E-state index contributed by atoms with van der Waals surface area (Å²) in [6.07, 6.45) is 0. The molecule has 96 valence electrons. The van der Waals surface area contributed by atoms with E-state index >= 15 is 0 Å². The van der Waals surface area contributed by atoms with Crippen molar-refractivity contribution in [3.63, 3.8) is 0 Å². The van der Waals surface area contributed by atoms with Gasteiger partial charge in [-0.25, -0.2) is 4.98 Å². The lowest BCUT2D eigenvalue weighted by Gasteiger charge is -2.08. The normalized spacial score (nSPS) is 10.6. The van der Waals surface area contributed by atoms with Gasteiger partial charge in [-0.05, 0) is 24.1 Å². The summed E-state index contributed by atoms with van der Waals surface area (Å²) < 4.78 is 5.64.